The van der Waals surface area contributed by atoms with Crippen LogP contribution in [0.2, 0.25) is 0 Å². The first kappa shape index (κ1) is 18.6. The van der Waals surface area contributed by atoms with E-state index in [0.29, 0.717) is 17.9 Å². The zero-order valence-electron chi connectivity index (χ0n) is 14.9. The first-order chi connectivity index (χ1) is 12.9. The van der Waals surface area contributed by atoms with E-state index in [4.69, 9.17) is 4.74 Å². The Kier molecular flexibility index (Phi) is 5.21. The number of hydrogen-bond acceptors (Lipinski definition) is 4. The molecule has 2 aromatic rings. The monoisotopic (exact) mass is 372 g/mol. The molecule has 0 saturated heterocycles. The van der Waals surface area contributed by atoms with E-state index in [-0.39, 0.29) is 17.0 Å². The fraction of sp³-hybridized carbons (Fsp3) is 0.200. The summed E-state index contributed by atoms with van der Waals surface area (Å²) in [6, 6.07) is 9.95. The number of likely N-dealkylation sites (N-methyl/N-ethyl adjacent to an activating group) is 1. The van der Waals surface area contributed by atoms with Crippen LogP contribution in [0.4, 0.5) is 14.5 Å². The summed E-state index contributed by atoms with van der Waals surface area (Å²) < 4.78 is 32.1. The minimum absolute atomic E-state index is 0.00994. The molecule has 7 heteroatoms. The molecule has 140 valence electrons. The summed E-state index contributed by atoms with van der Waals surface area (Å²) in [7, 11) is 1.36. The first-order valence-corrected chi connectivity index (χ1v) is 8.44. The van der Waals surface area contributed by atoms with Crippen LogP contribution in [0.5, 0.6) is 5.75 Å². The number of amides is 2. The molecule has 0 bridgehead atoms. The van der Waals surface area contributed by atoms with Crippen molar-refractivity contribution >= 4 is 23.1 Å². The van der Waals surface area contributed by atoms with E-state index < -0.39 is 23.4 Å². The number of halogens is 2. The molecule has 2 aromatic carbocycles. The molecule has 0 spiro atoms. The molecule has 0 aromatic heterocycles. The maximum atomic E-state index is 13.5. The first-order valence-electron chi connectivity index (χ1n) is 8.44. The van der Waals surface area contributed by atoms with Gasteiger partial charge < -0.3 is 10.1 Å². The number of carbonyl (C=O) groups excluding carboxylic acids is 2. The second-order valence-electron chi connectivity index (χ2n) is 6.05. The number of rotatable bonds is 6. The summed E-state index contributed by atoms with van der Waals surface area (Å²) in [6.07, 6.45) is 0.868. The van der Waals surface area contributed by atoms with Crippen molar-refractivity contribution in [2.75, 3.05) is 19.0 Å². The van der Waals surface area contributed by atoms with E-state index in [1.54, 1.807) is 24.3 Å². The van der Waals surface area contributed by atoms with Crippen molar-refractivity contribution < 1.29 is 23.1 Å². The van der Waals surface area contributed by atoms with E-state index >= 15 is 0 Å². The van der Waals surface area contributed by atoms with Gasteiger partial charge in [0.2, 0.25) is 0 Å². The predicted molar refractivity (Wildman–Crippen MR) is 96.9 cm³/mol. The van der Waals surface area contributed by atoms with Crippen molar-refractivity contribution in [1.82, 2.24) is 4.90 Å². The number of ether oxygens (including phenoxy) is 1. The van der Waals surface area contributed by atoms with Crippen LogP contribution in [0.1, 0.15) is 18.9 Å². The molecule has 0 unspecified atom stereocenters. The van der Waals surface area contributed by atoms with E-state index in [1.165, 1.54) is 13.1 Å². The van der Waals surface area contributed by atoms with Gasteiger partial charge in [-0.1, -0.05) is 19.1 Å². The van der Waals surface area contributed by atoms with Gasteiger partial charge in [0.05, 0.1) is 12.2 Å². The largest absolute Gasteiger partial charge is 0.494 e. The Morgan fingerprint density at radius 3 is 2.33 bits per heavy atom. The number of nitrogens with zero attached hydrogens (tertiary/aromatic N) is 1. The highest BCUT2D eigenvalue weighted by atomic mass is 19.2. The fourth-order valence-corrected chi connectivity index (χ4v) is 2.68. The summed E-state index contributed by atoms with van der Waals surface area (Å²) in [4.78, 5) is 26.0. The minimum atomic E-state index is -1.05. The van der Waals surface area contributed by atoms with Crippen LogP contribution in [0.25, 0.3) is 5.57 Å². The predicted octanol–water partition coefficient (Wildman–Crippen LogP) is 3.58. The average Bonchev–Trinajstić information content (AvgIpc) is 2.87. The lowest BCUT2D eigenvalue weighted by Crippen LogP contribution is -2.27. The van der Waals surface area contributed by atoms with Crippen molar-refractivity contribution in [3.05, 3.63) is 65.4 Å². The van der Waals surface area contributed by atoms with Crippen molar-refractivity contribution in [3.8, 4) is 5.75 Å². The quantitative estimate of drug-likeness (QED) is 0.788. The van der Waals surface area contributed by atoms with Gasteiger partial charge in [0.15, 0.2) is 11.6 Å². The maximum absolute atomic E-state index is 13.5. The molecule has 0 atom stereocenters. The van der Waals surface area contributed by atoms with Crippen LogP contribution in [0, 0.1) is 11.6 Å². The van der Waals surface area contributed by atoms with Gasteiger partial charge in [0.25, 0.3) is 11.8 Å². The lowest BCUT2D eigenvalue weighted by Gasteiger charge is -2.09. The van der Waals surface area contributed by atoms with Crippen molar-refractivity contribution in [1.29, 1.82) is 0 Å². The molecular weight excluding hydrogens is 354 g/mol. The summed E-state index contributed by atoms with van der Waals surface area (Å²) >= 11 is 0. The van der Waals surface area contributed by atoms with Gasteiger partial charge in [-0.2, -0.15) is 0 Å². The van der Waals surface area contributed by atoms with Gasteiger partial charge >= 0.3 is 0 Å². The summed E-state index contributed by atoms with van der Waals surface area (Å²) in [5.74, 6) is -2.42. The Morgan fingerprint density at radius 2 is 1.70 bits per heavy atom. The van der Waals surface area contributed by atoms with Gasteiger partial charge in [-0.3, -0.25) is 14.5 Å². The Morgan fingerprint density at radius 1 is 1.00 bits per heavy atom. The highest BCUT2D eigenvalue weighted by molar-refractivity contribution is 6.36. The van der Waals surface area contributed by atoms with Crippen LogP contribution in [0.3, 0.4) is 0 Å². The molecule has 3 rings (SSSR count). The van der Waals surface area contributed by atoms with Crippen molar-refractivity contribution in [3.63, 3.8) is 0 Å². The van der Waals surface area contributed by atoms with Crippen LogP contribution < -0.4 is 10.1 Å². The molecule has 0 fully saturated rings. The third-order valence-electron chi connectivity index (χ3n) is 4.09. The topological polar surface area (TPSA) is 58.6 Å². The standard InChI is InChI=1S/C20H18F2N2O3/c1-3-10-27-14-7-4-12(5-8-14)17-18(20(26)24(2)19(17)25)23-13-6-9-15(21)16(22)11-13/h4-9,11,23H,3,10H2,1-2H3. The van der Waals surface area contributed by atoms with E-state index in [1.807, 2.05) is 6.92 Å². The maximum Gasteiger partial charge on any atom is 0.277 e. The van der Waals surface area contributed by atoms with Gasteiger partial charge in [0.1, 0.15) is 11.4 Å². The molecule has 1 N–H and O–H groups in total. The van der Waals surface area contributed by atoms with Crippen molar-refractivity contribution in [2.45, 2.75) is 13.3 Å². The number of nitrogens with one attached hydrogen (secondary N) is 1. The normalized spacial score (nSPS) is 14.1. The van der Waals surface area contributed by atoms with Crippen LogP contribution in [-0.4, -0.2) is 30.4 Å². The van der Waals surface area contributed by atoms with Gasteiger partial charge in [-0.05, 0) is 36.2 Å². The average molecular weight is 372 g/mol. The second kappa shape index (κ2) is 7.57. The smallest absolute Gasteiger partial charge is 0.277 e. The summed E-state index contributed by atoms with van der Waals surface area (Å²) in [5, 5.41) is 2.75. The third kappa shape index (κ3) is 3.67. The van der Waals surface area contributed by atoms with E-state index in [0.717, 1.165) is 23.5 Å². The molecule has 1 heterocycles. The third-order valence-corrected chi connectivity index (χ3v) is 4.09. The number of imide groups is 1. The number of benzene rings is 2. The minimum Gasteiger partial charge on any atom is -0.494 e. The SMILES string of the molecule is CCCOc1ccc(C2=C(Nc3ccc(F)c(F)c3)C(=O)N(C)C2=O)cc1. The lowest BCUT2D eigenvalue weighted by atomic mass is 10.0. The summed E-state index contributed by atoms with van der Waals surface area (Å²) in [5.41, 5.74) is 0.859. The number of anilines is 1. The number of hydrogen-bond donors (Lipinski definition) is 1. The molecule has 27 heavy (non-hydrogen) atoms. The Balaban J connectivity index is 1.97. The Bertz CT molecular complexity index is 923. The second-order valence-corrected chi connectivity index (χ2v) is 6.05. The zero-order chi connectivity index (χ0) is 19.6. The van der Waals surface area contributed by atoms with E-state index in [2.05, 4.69) is 5.32 Å². The molecule has 0 saturated carbocycles. The van der Waals surface area contributed by atoms with Crippen LogP contribution in [-0.2, 0) is 9.59 Å². The van der Waals surface area contributed by atoms with Crippen LogP contribution in [0.15, 0.2) is 48.2 Å². The molecule has 0 aliphatic carbocycles. The molecule has 1 aliphatic rings. The van der Waals surface area contributed by atoms with Gasteiger partial charge in [-0.25, -0.2) is 8.78 Å². The molecular formula is C20H18F2N2O3. The fourth-order valence-electron chi connectivity index (χ4n) is 2.68. The molecule has 1 aliphatic heterocycles. The van der Waals surface area contributed by atoms with Crippen LogP contribution >= 0.6 is 0 Å². The summed E-state index contributed by atoms with van der Waals surface area (Å²) in [6.45, 7) is 2.57. The molecule has 2 amide bonds. The molecule has 5 nitrogen and oxygen atoms in total. The number of carbonyl (C=O) groups is 2. The van der Waals surface area contributed by atoms with Crippen molar-refractivity contribution in [2.24, 2.45) is 0 Å². The zero-order valence-corrected chi connectivity index (χ0v) is 14.9. The highest BCUT2D eigenvalue weighted by Crippen LogP contribution is 2.30. The lowest BCUT2D eigenvalue weighted by molar-refractivity contribution is -0.135. The molecule has 0 radical (unpaired) electrons. The highest BCUT2D eigenvalue weighted by Gasteiger charge is 2.36. The van der Waals surface area contributed by atoms with Gasteiger partial charge in [-0.15, -0.1) is 0 Å². The van der Waals surface area contributed by atoms with E-state index in [9.17, 15) is 18.4 Å². The van der Waals surface area contributed by atoms with Gasteiger partial charge in [0, 0.05) is 18.8 Å². The Labute approximate surface area is 155 Å². The Hall–Kier alpha value is -3.22.